The van der Waals surface area contributed by atoms with Crippen LogP contribution in [0.25, 0.3) is 0 Å². The molecule has 1 aliphatic rings. The van der Waals surface area contributed by atoms with Gasteiger partial charge in [-0.2, -0.15) is 0 Å². The molecule has 0 atom stereocenters. The minimum Gasteiger partial charge on any atom is -0.478 e. The lowest BCUT2D eigenvalue weighted by molar-refractivity contribution is 0.0697. The Bertz CT molecular complexity index is 568. The van der Waals surface area contributed by atoms with E-state index >= 15 is 0 Å². The Morgan fingerprint density at radius 1 is 1.38 bits per heavy atom. The summed E-state index contributed by atoms with van der Waals surface area (Å²) in [5.74, 6) is -0.517. The van der Waals surface area contributed by atoms with Crippen LogP contribution in [0.3, 0.4) is 0 Å². The van der Waals surface area contributed by atoms with Gasteiger partial charge in [0.1, 0.15) is 0 Å². The van der Waals surface area contributed by atoms with Gasteiger partial charge in [0.25, 0.3) is 0 Å². The highest BCUT2D eigenvalue weighted by Crippen LogP contribution is 2.51. The maximum absolute atomic E-state index is 11.9. The summed E-state index contributed by atoms with van der Waals surface area (Å²) in [4.78, 5) is 22.7. The van der Waals surface area contributed by atoms with E-state index in [1.807, 2.05) is 0 Å². The van der Waals surface area contributed by atoms with E-state index in [1.165, 1.54) is 18.2 Å². The average molecular weight is 311 g/mol. The Balaban J connectivity index is 1.92. The summed E-state index contributed by atoms with van der Waals surface area (Å²) >= 11 is 5.96. The number of amides is 2. The first-order valence-corrected chi connectivity index (χ1v) is 7.29. The first kappa shape index (κ1) is 15.6. The van der Waals surface area contributed by atoms with Crippen LogP contribution >= 0.6 is 11.6 Å². The molecule has 6 heteroatoms. The first-order chi connectivity index (χ1) is 9.84. The molecule has 0 bridgehead atoms. The first-order valence-electron chi connectivity index (χ1n) is 6.92. The molecule has 0 radical (unpaired) electrons. The Kier molecular flexibility index (Phi) is 4.42. The summed E-state index contributed by atoms with van der Waals surface area (Å²) in [5.41, 5.74) is 0.713. The zero-order valence-corrected chi connectivity index (χ0v) is 12.8. The van der Waals surface area contributed by atoms with Crippen molar-refractivity contribution in [2.45, 2.75) is 26.7 Å². The van der Waals surface area contributed by atoms with Crippen LogP contribution in [-0.4, -0.2) is 23.7 Å². The summed E-state index contributed by atoms with van der Waals surface area (Å²) in [6.07, 6.45) is 2.28. The van der Waals surface area contributed by atoms with Crippen molar-refractivity contribution >= 4 is 29.3 Å². The SMILES string of the molecule is CC(C)C1(CNC(=O)Nc2ccc(C(=O)O)cc2Cl)CC1. The lowest BCUT2D eigenvalue weighted by atomic mass is 9.92. The van der Waals surface area contributed by atoms with E-state index in [0.717, 1.165) is 12.8 Å². The smallest absolute Gasteiger partial charge is 0.335 e. The molecule has 114 valence electrons. The fourth-order valence-corrected chi connectivity index (χ4v) is 2.52. The number of carboxylic acid groups (broad SMARTS) is 1. The minimum absolute atomic E-state index is 0.0858. The fourth-order valence-electron chi connectivity index (χ4n) is 2.29. The lowest BCUT2D eigenvalue weighted by Gasteiger charge is -2.20. The average Bonchev–Trinajstić information content (AvgIpc) is 3.20. The second kappa shape index (κ2) is 5.93. The van der Waals surface area contributed by atoms with Crippen LogP contribution in [0.5, 0.6) is 0 Å². The number of anilines is 1. The number of hydrogen-bond acceptors (Lipinski definition) is 2. The van der Waals surface area contributed by atoms with E-state index in [2.05, 4.69) is 24.5 Å². The van der Waals surface area contributed by atoms with E-state index in [-0.39, 0.29) is 22.0 Å². The molecule has 0 spiro atoms. The molecule has 0 aliphatic heterocycles. The predicted octanol–water partition coefficient (Wildman–Crippen LogP) is 3.60. The van der Waals surface area contributed by atoms with Crippen molar-refractivity contribution in [3.8, 4) is 0 Å². The molecule has 0 aromatic heterocycles. The van der Waals surface area contributed by atoms with Crippen LogP contribution in [0, 0.1) is 11.3 Å². The normalized spacial score (nSPS) is 15.6. The highest BCUT2D eigenvalue weighted by atomic mass is 35.5. The zero-order chi connectivity index (χ0) is 15.6. The Labute approximate surface area is 128 Å². The van der Waals surface area contributed by atoms with E-state index in [9.17, 15) is 9.59 Å². The molecule has 2 amide bonds. The van der Waals surface area contributed by atoms with Gasteiger partial charge in [-0.05, 0) is 42.4 Å². The molecule has 1 fully saturated rings. The molecule has 3 N–H and O–H groups in total. The molecule has 1 aliphatic carbocycles. The number of hydrogen-bond donors (Lipinski definition) is 3. The molecule has 2 rings (SSSR count). The fraction of sp³-hybridized carbons (Fsp3) is 0.467. The van der Waals surface area contributed by atoms with Gasteiger partial charge in [0.05, 0.1) is 16.3 Å². The third kappa shape index (κ3) is 3.67. The van der Waals surface area contributed by atoms with Crippen LogP contribution in [0.15, 0.2) is 18.2 Å². The number of urea groups is 1. The van der Waals surface area contributed by atoms with Crippen molar-refractivity contribution in [2.24, 2.45) is 11.3 Å². The molecule has 0 heterocycles. The Morgan fingerprint density at radius 2 is 2.05 bits per heavy atom. The highest BCUT2D eigenvalue weighted by Gasteiger charge is 2.45. The molecule has 1 aromatic rings. The van der Waals surface area contributed by atoms with Crippen LogP contribution < -0.4 is 10.6 Å². The number of rotatable bonds is 5. The zero-order valence-electron chi connectivity index (χ0n) is 12.1. The maximum atomic E-state index is 11.9. The van der Waals surface area contributed by atoms with Crippen LogP contribution in [-0.2, 0) is 0 Å². The second-order valence-electron chi connectivity index (χ2n) is 5.82. The number of aromatic carboxylic acids is 1. The van der Waals surface area contributed by atoms with E-state index in [0.29, 0.717) is 18.2 Å². The quantitative estimate of drug-likeness (QED) is 0.777. The number of carboxylic acids is 1. The predicted molar refractivity (Wildman–Crippen MR) is 81.9 cm³/mol. The molecular weight excluding hydrogens is 292 g/mol. The lowest BCUT2D eigenvalue weighted by Crippen LogP contribution is -2.35. The monoisotopic (exact) mass is 310 g/mol. The van der Waals surface area contributed by atoms with Gasteiger partial charge in [-0.3, -0.25) is 0 Å². The summed E-state index contributed by atoms with van der Waals surface area (Å²) in [6, 6.07) is 3.88. The molecule has 1 saturated carbocycles. The van der Waals surface area contributed by atoms with Crippen molar-refractivity contribution in [1.29, 1.82) is 0 Å². The Morgan fingerprint density at radius 3 is 2.52 bits per heavy atom. The van der Waals surface area contributed by atoms with E-state index in [1.54, 1.807) is 0 Å². The molecular formula is C15H19ClN2O3. The van der Waals surface area contributed by atoms with Crippen molar-refractivity contribution in [3.05, 3.63) is 28.8 Å². The molecule has 0 saturated heterocycles. The van der Waals surface area contributed by atoms with E-state index < -0.39 is 5.97 Å². The summed E-state index contributed by atoms with van der Waals surface area (Å²) in [6.45, 7) is 4.96. The van der Waals surface area contributed by atoms with Crippen molar-refractivity contribution in [2.75, 3.05) is 11.9 Å². The third-order valence-corrected chi connectivity index (χ3v) is 4.49. The molecule has 1 aromatic carbocycles. The van der Waals surface area contributed by atoms with Crippen molar-refractivity contribution < 1.29 is 14.7 Å². The van der Waals surface area contributed by atoms with Crippen molar-refractivity contribution in [1.82, 2.24) is 5.32 Å². The van der Waals surface area contributed by atoms with E-state index in [4.69, 9.17) is 16.7 Å². The number of carbonyl (C=O) groups is 2. The van der Waals surface area contributed by atoms with Gasteiger partial charge in [-0.1, -0.05) is 25.4 Å². The Hall–Kier alpha value is -1.75. The maximum Gasteiger partial charge on any atom is 0.335 e. The van der Waals surface area contributed by atoms with Gasteiger partial charge >= 0.3 is 12.0 Å². The standard InChI is InChI=1S/C15H19ClN2O3/c1-9(2)15(5-6-15)8-17-14(21)18-12-4-3-10(13(19)20)7-11(12)16/h3-4,7,9H,5-6,8H2,1-2H3,(H,19,20)(H2,17,18,21). The number of benzene rings is 1. The minimum atomic E-state index is -1.06. The largest absolute Gasteiger partial charge is 0.478 e. The number of nitrogens with one attached hydrogen (secondary N) is 2. The van der Waals surface area contributed by atoms with Gasteiger partial charge in [0.2, 0.25) is 0 Å². The van der Waals surface area contributed by atoms with Crippen molar-refractivity contribution in [3.63, 3.8) is 0 Å². The molecule has 0 unspecified atom stereocenters. The molecule has 5 nitrogen and oxygen atoms in total. The van der Waals surface area contributed by atoms with Gasteiger partial charge in [-0.25, -0.2) is 9.59 Å². The third-order valence-electron chi connectivity index (χ3n) is 4.18. The van der Waals surface area contributed by atoms with Gasteiger partial charge in [0, 0.05) is 6.54 Å². The number of halogens is 1. The van der Waals surface area contributed by atoms with Crippen LogP contribution in [0.1, 0.15) is 37.0 Å². The summed E-state index contributed by atoms with van der Waals surface area (Å²) in [7, 11) is 0. The van der Waals surface area contributed by atoms with Crippen LogP contribution in [0.4, 0.5) is 10.5 Å². The topological polar surface area (TPSA) is 78.4 Å². The summed E-state index contributed by atoms with van der Waals surface area (Å²) < 4.78 is 0. The molecule has 21 heavy (non-hydrogen) atoms. The number of carbonyl (C=O) groups excluding carboxylic acids is 1. The van der Waals surface area contributed by atoms with Gasteiger partial charge < -0.3 is 15.7 Å². The van der Waals surface area contributed by atoms with Crippen LogP contribution in [0.2, 0.25) is 5.02 Å². The van der Waals surface area contributed by atoms with Gasteiger partial charge in [-0.15, -0.1) is 0 Å². The second-order valence-corrected chi connectivity index (χ2v) is 6.23. The summed E-state index contributed by atoms with van der Waals surface area (Å²) in [5, 5.41) is 14.6. The van der Waals surface area contributed by atoms with Gasteiger partial charge in [0.15, 0.2) is 0 Å². The highest BCUT2D eigenvalue weighted by molar-refractivity contribution is 6.34.